The fourth-order valence-corrected chi connectivity index (χ4v) is 1.66. The Morgan fingerprint density at radius 2 is 1.83 bits per heavy atom. The molecular formula is C15H26N2O. The Kier molecular flexibility index (Phi) is 6.76. The molecule has 0 atom stereocenters. The van der Waals surface area contributed by atoms with Gasteiger partial charge < -0.3 is 15.0 Å². The van der Waals surface area contributed by atoms with Gasteiger partial charge in [0.1, 0.15) is 0 Å². The molecule has 1 rings (SSSR count). The Balaban J connectivity index is 2.15. The SMILES string of the molecule is CC(C)OCCCNCc1ccc(N(C)C)cc1. The van der Waals surface area contributed by atoms with Crippen LogP contribution in [-0.2, 0) is 11.3 Å². The van der Waals surface area contributed by atoms with Crippen LogP contribution < -0.4 is 10.2 Å². The molecular weight excluding hydrogens is 224 g/mol. The lowest BCUT2D eigenvalue weighted by Gasteiger charge is -2.13. The van der Waals surface area contributed by atoms with Gasteiger partial charge in [-0.3, -0.25) is 0 Å². The Bertz CT molecular complexity index is 320. The van der Waals surface area contributed by atoms with Crippen molar-refractivity contribution in [3.05, 3.63) is 29.8 Å². The van der Waals surface area contributed by atoms with Crippen LogP contribution in [0, 0.1) is 0 Å². The summed E-state index contributed by atoms with van der Waals surface area (Å²) in [6.07, 6.45) is 1.40. The van der Waals surface area contributed by atoms with Crippen LogP contribution in [0.15, 0.2) is 24.3 Å². The lowest BCUT2D eigenvalue weighted by molar-refractivity contribution is 0.0770. The molecule has 0 amide bonds. The maximum absolute atomic E-state index is 5.49. The van der Waals surface area contributed by atoms with E-state index in [0.29, 0.717) is 6.10 Å². The summed E-state index contributed by atoms with van der Waals surface area (Å²) >= 11 is 0. The van der Waals surface area contributed by atoms with Crippen LogP contribution in [0.1, 0.15) is 25.8 Å². The summed E-state index contributed by atoms with van der Waals surface area (Å²) in [5.74, 6) is 0. The lowest BCUT2D eigenvalue weighted by Crippen LogP contribution is -2.17. The van der Waals surface area contributed by atoms with Gasteiger partial charge in [-0.2, -0.15) is 0 Å². The Labute approximate surface area is 111 Å². The highest BCUT2D eigenvalue weighted by molar-refractivity contribution is 5.45. The van der Waals surface area contributed by atoms with Gasteiger partial charge in [-0.15, -0.1) is 0 Å². The monoisotopic (exact) mass is 250 g/mol. The van der Waals surface area contributed by atoms with Crippen LogP contribution >= 0.6 is 0 Å². The van der Waals surface area contributed by atoms with E-state index in [2.05, 4.69) is 62.4 Å². The van der Waals surface area contributed by atoms with E-state index in [4.69, 9.17) is 4.74 Å². The van der Waals surface area contributed by atoms with Gasteiger partial charge in [-0.05, 0) is 44.5 Å². The Morgan fingerprint density at radius 1 is 1.17 bits per heavy atom. The second-order valence-electron chi connectivity index (χ2n) is 5.01. The Morgan fingerprint density at radius 3 is 2.39 bits per heavy atom. The smallest absolute Gasteiger partial charge is 0.0518 e. The van der Waals surface area contributed by atoms with E-state index < -0.39 is 0 Å². The molecule has 3 heteroatoms. The highest BCUT2D eigenvalue weighted by Crippen LogP contribution is 2.11. The maximum atomic E-state index is 5.49. The number of nitrogens with zero attached hydrogens (tertiary/aromatic N) is 1. The van der Waals surface area contributed by atoms with Crippen molar-refractivity contribution in [1.82, 2.24) is 5.32 Å². The third-order valence-electron chi connectivity index (χ3n) is 2.73. The van der Waals surface area contributed by atoms with Gasteiger partial charge in [-0.1, -0.05) is 12.1 Å². The molecule has 0 saturated heterocycles. The zero-order valence-electron chi connectivity index (χ0n) is 12.1. The quantitative estimate of drug-likeness (QED) is 0.718. The molecule has 0 heterocycles. The third kappa shape index (κ3) is 6.03. The van der Waals surface area contributed by atoms with Crippen molar-refractivity contribution in [3.8, 4) is 0 Å². The summed E-state index contributed by atoms with van der Waals surface area (Å²) in [6, 6.07) is 8.65. The number of ether oxygens (including phenoxy) is 1. The summed E-state index contributed by atoms with van der Waals surface area (Å²) in [7, 11) is 4.12. The predicted octanol–water partition coefficient (Wildman–Crippen LogP) is 2.66. The molecule has 1 aromatic carbocycles. The van der Waals surface area contributed by atoms with E-state index >= 15 is 0 Å². The summed E-state index contributed by atoms with van der Waals surface area (Å²) in [4.78, 5) is 2.11. The first-order chi connectivity index (χ1) is 8.59. The van der Waals surface area contributed by atoms with Crippen molar-refractivity contribution < 1.29 is 4.74 Å². The number of rotatable bonds is 8. The van der Waals surface area contributed by atoms with Crippen molar-refractivity contribution in [2.75, 3.05) is 32.1 Å². The minimum atomic E-state index is 0.337. The van der Waals surface area contributed by atoms with E-state index in [1.165, 1.54) is 11.3 Å². The van der Waals surface area contributed by atoms with E-state index in [1.54, 1.807) is 0 Å². The minimum Gasteiger partial charge on any atom is -0.379 e. The standard InChI is InChI=1S/C15H26N2O/c1-13(2)18-11-5-10-16-12-14-6-8-15(9-7-14)17(3)4/h6-9,13,16H,5,10-12H2,1-4H3. The minimum absolute atomic E-state index is 0.337. The second-order valence-corrected chi connectivity index (χ2v) is 5.01. The molecule has 1 N–H and O–H groups in total. The highest BCUT2D eigenvalue weighted by atomic mass is 16.5. The van der Waals surface area contributed by atoms with Crippen molar-refractivity contribution >= 4 is 5.69 Å². The highest BCUT2D eigenvalue weighted by Gasteiger charge is 1.97. The van der Waals surface area contributed by atoms with E-state index in [0.717, 1.165) is 26.1 Å². The van der Waals surface area contributed by atoms with Crippen LogP contribution in [0.5, 0.6) is 0 Å². The first kappa shape index (κ1) is 15.0. The summed E-state index contributed by atoms with van der Waals surface area (Å²) < 4.78 is 5.49. The van der Waals surface area contributed by atoms with Gasteiger partial charge in [0.05, 0.1) is 6.10 Å². The second kappa shape index (κ2) is 8.11. The van der Waals surface area contributed by atoms with Crippen molar-refractivity contribution in [2.24, 2.45) is 0 Å². The van der Waals surface area contributed by atoms with Crippen molar-refractivity contribution in [1.29, 1.82) is 0 Å². The van der Waals surface area contributed by atoms with Gasteiger partial charge in [0.25, 0.3) is 0 Å². The first-order valence-electron chi connectivity index (χ1n) is 6.68. The molecule has 0 aliphatic heterocycles. The molecule has 102 valence electrons. The molecule has 0 aliphatic carbocycles. The Hall–Kier alpha value is -1.06. The largest absolute Gasteiger partial charge is 0.379 e. The molecule has 0 fully saturated rings. The summed E-state index contributed by atoms with van der Waals surface area (Å²) in [6.45, 7) is 6.90. The normalized spacial score (nSPS) is 10.9. The average molecular weight is 250 g/mol. The number of hydrogen-bond donors (Lipinski definition) is 1. The molecule has 3 nitrogen and oxygen atoms in total. The molecule has 18 heavy (non-hydrogen) atoms. The molecule has 0 unspecified atom stereocenters. The molecule has 0 spiro atoms. The molecule has 0 aromatic heterocycles. The third-order valence-corrected chi connectivity index (χ3v) is 2.73. The number of benzene rings is 1. The fourth-order valence-electron chi connectivity index (χ4n) is 1.66. The van der Waals surface area contributed by atoms with Gasteiger partial charge in [-0.25, -0.2) is 0 Å². The number of anilines is 1. The predicted molar refractivity (Wildman–Crippen MR) is 78.2 cm³/mol. The zero-order valence-corrected chi connectivity index (χ0v) is 12.1. The van der Waals surface area contributed by atoms with E-state index in [-0.39, 0.29) is 0 Å². The van der Waals surface area contributed by atoms with E-state index in [9.17, 15) is 0 Å². The fraction of sp³-hybridized carbons (Fsp3) is 0.600. The van der Waals surface area contributed by atoms with Gasteiger partial charge >= 0.3 is 0 Å². The zero-order chi connectivity index (χ0) is 13.4. The average Bonchev–Trinajstić information content (AvgIpc) is 2.34. The number of nitrogens with one attached hydrogen (secondary N) is 1. The molecule has 0 aliphatic rings. The van der Waals surface area contributed by atoms with Crippen LogP contribution in [0.3, 0.4) is 0 Å². The van der Waals surface area contributed by atoms with Crippen LogP contribution in [0.2, 0.25) is 0 Å². The van der Waals surface area contributed by atoms with E-state index in [1.807, 2.05) is 0 Å². The maximum Gasteiger partial charge on any atom is 0.0518 e. The lowest BCUT2D eigenvalue weighted by atomic mass is 10.2. The van der Waals surface area contributed by atoms with Crippen molar-refractivity contribution in [3.63, 3.8) is 0 Å². The van der Waals surface area contributed by atoms with Crippen molar-refractivity contribution in [2.45, 2.75) is 32.9 Å². The van der Waals surface area contributed by atoms with Crippen LogP contribution in [-0.4, -0.2) is 33.4 Å². The summed E-state index contributed by atoms with van der Waals surface area (Å²) in [5.41, 5.74) is 2.56. The van der Waals surface area contributed by atoms with Gasteiger partial charge in [0, 0.05) is 32.9 Å². The first-order valence-corrected chi connectivity index (χ1v) is 6.68. The molecule has 0 radical (unpaired) electrons. The molecule has 1 aromatic rings. The topological polar surface area (TPSA) is 24.5 Å². The van der Waals surface area contributed by atoms with Gasteiger partial charge in [0.2, 0.25) is 0 Å². The van der Waals surface area contributed by atoms with Crippen LogP contribution in [0.4, 0.5) is 5.69 Å². The number of hydrogen-bond acceptors (Lipinski definition) is 3. The molecule has 0 bridgehead atoms. The van der Waals surface area contributed by atoms with Gasteiger partial charge in [0.15, 0.2) is 0 Å². The van der Waals surface area contributed by atoms with Crippen LogP contribution in [0.25, 0.3) is 0 Å². The summed E-state index contributed by atoms with van der Waals surface area (Å²) in [5, 5.41) is 3.43. The molecule has 0 saturated carbocycles.